The molecule has 47 heavy (non-hydrogen) atoms. The molecule has 4 nitrogen and oxygen atoms in total. The maximum Gasteiger partial charge on any atom is 0.216 e. The summed E-state index contributed by atoms with van der Waals surface area (Å²) in [5, 5.41) is 3.62. The smallest absolute Gasteiger partial charge is 0.216 e. The van der Waals surface area contributed by atoms with Crippen LogP contribution in [0.5, 0.6) is 0 Å². The van der Waals surface area contributed by atoms with Crippen molar-refractivity contribution in [3.63, 3.8) is 0 Å². The third-order valence-corrected chi connectivity index (χ3v) is 11.6. The second-order valence-corrected chi connectivity index (χ2v) is 19.2. The van der Waals surface area contributed by atoms with E-state index >= 15 is 0 Å². The molecule has 2 aromatic carbocycles. The molecule has 1 fully saturated rings. The van der Waals surface area contributed by atoms with E-state index in [0.717, 1.165) is 44.8 Å². The number of furan rings is 1. The fraction of sp³-hybridized carbons (Fsp3) is 0.341. The third-order valence-electron chi connectivity index (χ3n) is 9.54. The maximum atomic E-state index is 6.00. The molecule has 1 unspecified atom stereocenters. The predicted molar refractivity (Wildman–Crippen MR) is 194 cm³/mol. The van der Waals surface area contributed by atoms with Gasteiger partial charge >= 0.3 is 0 Å². The zero-order chi connectivity index (χ0) is 32.3. The Kier molecular flexibility index (Phi) is 11.3. The number of fused-ring (bicyclic) bond motifs is 3. The van der Waals surface area contributed by atoms with Gasteiger partial charge in [-0.05, 0) is 58.9 Å². The first kappa shape index (κ1) is 34.9. The van der Waals surface area contributed by atoms with Crippen molar-refractivity contribution in [1.82, 2.24) is 15.0 Å². The fourth-order valence-electron chi connectivity index (χ4n) is 6.58. The van der Waals surface area contributed by atoms with Crippen LogP contribution in [0.1, 0.15) is 63.5 Å². The second-order valence-electron chi connectivity index (χ2n) is 14.2. The molecule has 1 aliphatic carbocycles. The van der Waals surface area contributed by atoms with Gasteiger partial charge in [-0.2, -0.15) is 0 Å². The molecule has 0 N–H and O–H groups in total. The molecular formula is C41H45IrN3OSi-2. The molecule has 6 heteroatoms. The number of aromatic nitrogens is 3. The summed E-state index contributed by atoms with van der Waals surface area (Å²) in [7, 11) is -1.35. The Balaban J connectivity index is 0.000000181. The van der Waals surface area contributed by atoms with Crippen molar-refractivity contribution in [2.75, 3.05) is 0 Å². The minimum atomic E-state index is -1.35. The van der Waals surface area contributed by atoms with Gasteiger partial charge in [-0.1, -0.05) is 100 Å². The van der Waals surface area contributed by atoms with Crippen LogP contribution in [0.4, 0.5) is 0 Å². The number of hydrogen-bond donors (Lipinski definition) is 0. The number of hydrogen-bond acceptors (Lipinski definition) is 4. The Morgan fingerprint density at radius 1 is 0.830 bits per heavy atom. The molecule has 6 aromatic rings. The van der Waals surface area contributed by atoms with E-state index in [2.05, 4.69) is 99.0 Å². The fourth-order valence-corrected chi connectivity index (χ4v) is 8.17. The first-order chi connectivity index (χ1) is 22.2. The first-order valence-electron chi connectivity index (χ1n) is 16.8. The van der Waals surface area contributed by atoms with E-state index in [1.807, 2.05) is 42.6 Å². The van der Waals surface area contributed by atoms with Gasteiger partial charge in [0, 0.05) is 44.1 Å². The van der Waals surface area contributed by atoms with Gasteiger partial charge in [0.1, 0.15) is 0 Å². The van der Waals surface area contributed by atoms with Crippen LogP contribution >= 0.6 is 0 Å². The van der Waals surface area contributed by atoms with E-state index in [9.17, 15) is 0 Å². The van der Waals surface area contributed by atoms with Gasteiger partial charge < -0.3 is 14.4 Å². The van der Waals surface area contributed by atoms with Crippen LogP contribution in [-0.2, 0) is 26.5 Å². The van der Waals surface area contributed by atoms with Crippen LogP contribution in [0.2, 0.25) is 19.6 Å². The number of pyridine rings is 3. The van der Waals surface area contributed by atoms with Crippen molar-refractivity contribution >= 4 is 35.3 Å². The quantitative estimate of drug-likeness (QED) is 0.119. The van der Waals surface area contributed by atoms with Crippen LogP contribution in [-0.4, -0.2) is 23.0 Å². The summed E-state index contributed by atoms with van der Waals surface area (Å²) in [4.78, 5) is 13.6. The van der Waals surface area contributed by atoms with Gasteiger partial charge in [-0.3, -0.25) is 0 Å². The molecule has 0 saturated heterocycles. The first-order valence-corrected chi connectivity index (χ1v) is 20.3. The van der Waals surface area contributed by atoms with Crippen LogP contribution in [0.3, 0.4) is 0 Å². The minimum absolute atomic E-state index is 0. The molecule has 0 spiro atoms. The summed E-state index contributed by atoms with van der Waals surface area (Å²) in [6.45, 7) is 14.0. The topological polar surface area (TPSA) is 51.8 Å². The Morgan fingerprint density at radius 3 is 2.36 bits per heavy atom. The zero-order valence-electron chi connectivity index (χ0n) is 28.4. The van der Waals surface area contributed by atoms with Crippen molar-refractivity contribution in [2.45, 2.75) is 78.4 Å². The normalized spacial score (nSPS) is 14.2. The van der Waals surface area contributed by atoms with Gasteiger partial charge in [0.2, 0.25) is 5.71 Å². The van der Waals surface area contributed by atoms with Crippen molar-refractivity contribution in [3.8, 4) is 22.5 Å². The summed E-state index contributed by atoms with van der Waals surface area (Å²) in [5.74, 6) is 1.93. The molecule has 4 aromatic heterocycles. The molecule has 7 rings (SSSR count). The van der Waals surface area contributed by atoms with E-state index in [0.29, 0.717) is 17.5 Å². The summed E-state index contributed by atoms with van der Waals surface area (Å²) in [6.07, 6.45) is 12.7. The SMILES string of the molecule is CC(C)C(C)c1ccnc(-c2[c-]ccc3c2oc2ncccc23)c1.C[Si](C)(C)c1cnc(-c2[c-]cccc2)cc1CC1CCCC1.[Ir]. The van der Waals surface area contributed by atoms with Crippen molar-refractivity contribution in [1.29, 1.82) is 0 Å². The van der Waals surface area contributed by atoms with Crippen LogP contribution < -0.4 is 5.19 Å². The molecule has 4 heterocycles. The zero-order valence-corrected chi connectivity index (χ0v) is 31.8. The van der Waals surface area contributed by atoms with Gasteiger partial charge in [-0.15, -0.1) is 54.1 Å². The van der Waals surface area contributed by atoms with Gasteiger partial charge in [-0.25, -0.2) is 4.98 Å². The van der Waals surface area contributed by atoms with E-state index in [-0.39, 0.29) is 20.1 Å². The van der Waals surface area contributed by atoms with Gasteiger partial charge in [0.05, 0.1) is 13.7 Å². The second kappa shape index (κ2) is 15.2. The van der Waals surface area contributed by atoms with Crippen LogP contribution in [0, 0.1) is 24.0 Å². The maximum absolute atomic E-state index is 6.00. The molecule has 1 atom stereocenters. The average molecular weight is 816 g/mol. The molecule has 0 amide bonds. The summed E-state index contributed by atoms with van der Waals surface area (Å²) < 4.78 is 6.00. The molecule has 1 aliphatic rings. The van der Waals surface area contributed by atoms with E-state index in [1.54, 1.807) is 16.9 Å². The van der Waals surface area contributed by atoms with Crippen molar-refractivity contribution in [2.24, 2.45) is 11.8 Å². The van der Waals surface area contributed by atoms with Crippen molar-refractivity contribution in [3.05, 3.63) is 109 Å². The van der Waals surface area contributed by atoms with E-state index in [4.69, 9.17) is 9.40 Å². The molecule has 0 bridgehead atoms. The predicted octanol–water partition coefficient (Wildman–Crippen LogP) is 10.4. The molecular weight excluding hydrogens is 771 g/mol. The largest absolute Gasteiger partial charge is 0.486 e. The standard InChI is InChI=1S/C21H19N2O.C20H26NSi.Ir/c1-13(2)14(3)15-9-11-22-19(12-15)18-7-4-6-16-17-8-5-10-23-21(17)24-20(16)18;1-22(2,3)20-15-21-19(17-11-5-4-6-12-17)14-18(20)13-16-9-7-8-10-16;/h4-6,8-14H,1-3H3;4-6,11,14-16H,7-10,13H2,1-3H3;/q2*-1;. The Hall–Kier alpha value is -3.44. The molecule has 245 valence electrons. The molecule has 1 radical (unpaired) electrons. The number of benzene rings is 2. The monoisotopic (exact) mass is 816 g/mol. The van der Waals surface area contributed by atoms with Crippen LogP contribution in [0.25, 0.3) is 44.6 Å². The third kappa shape index (κ3) is 8.00. The average Bonchev–Trinajstić information content (AvgIpc) is 3.72. The minimum Gasteiger partial charge on any atom is -0.486 e. The summed E-state index contributed by atoms with van der Waals surface area (Å²) in [5.41, 5.74) is 8.26. The van der Waals surface area contributed by atoms with Crippen LogP contribution in [0.15, 0.2) is 89.7 Å². The van der Waals surface area contributed by atoms with E-state index in [1.165, 1.54) is 37.7 Å². The number of nitrogens with zero attached hydrogens (tertiary/aromatic N) is 3. The Labute approximate surface area is 294 Å². The molecule has 1 saturated carbocycles. The number of rotatable bonds is 7. The Bertz CT molecular complexity index is 1920. The van der Waals surface area contributed by atoms with Gasteiger partial charge in [0.15, 0.2) is 0 Å². The van der Waals surface area contributed by atoms with Crippen molar-refractivity contribution < 1.29 is 24.5 Å². The molecule has 0 aliphatic heterocycles. The summed E-state index contributed by atoms with van der Waals surface area (Å²) >= 11 is 0. The Morgan fingerprint density at radius 2 is 1.64 bits per heavy atom. The van der Waals surface area contributed by atoms with Gasteiger partial charge in [0.25, 0.3) is 0 Å². The summed E-state index contributed by atoms with van der Waals surface area (Å²) in [6, 6.07) is 29.3. The van der Waals surface area contributed by atoms with E-state index < -0.39 is 8.07 Å².